The lowest BCUT2D eigenvalue weighted by Gasteiger charge is -2.22. The molecule has 2 aromatic carbocycles. The van der Waals surface area contributed by atoms with Gasteiger partial charge < -0.3 is 20.7 Å². The molecule has 3 rings (SSSR count). The van der Waals surface area contributed by atoms with Crippen LogP contribution in [0.5, 0.6) is 5.75 Å². The summed E-state index contributed by atoms with van der Waals surface area (Å²) in [5, 5.41) is 2.84. The SMILES string of the molecule is NC(=O)c1ccc(N2CCCC2)c(NC(=O)COc2cccc(Br)c2)c1. The van der Waals surface area contributed by atoms with Gasteiger partial charge in [0, 0.05) is 23.1 Å². The highest BCUT2D eigenvalue weighted by atomic mass is 79.9. The van der Waals surface area contributed by atoms with Crippen molar-refractivity contribution in [1.82, 2.24) is 0 Å². The Hall–Kier alpha value is -2.54. The second-order valence-corrected chi connectivity index (χ2v) is 7.00. The lowest BCUT2D eigenvalue weighted by molar-refractivity contribution is -0.118. The van der Waals surface area contributed by atoms with E-state index in [4.69, 9.17) is 10.5 Å². The predicted molar refractivity (Wildman–Crippen MR) is 105 cm³/mol. The number of rotatable bonds is 6. The van der Waals surface area contributed by atoms with Gasteiger partial charge in [0.2, 0.25) is 5.91 Å². The van der Waals surface area contributed by atoms with Crippen LogP contribution in [0.3, 0.4) is 0 Å². The number of nitrogens with one attached hydrogen (secondary N) is 1. The van der Waals surface area contributed by atoms with Crippen molar-refractivity contribution in [1.29, 1.82) is 0 Å². The Bertz CT molecular complexity index is 819. The fourth-order valence-corrected chi connectivity index (χ4v) is 3.29. The van der Waals surface area contributed by atoms with Crippen molar-refractivity contribution >= 4 is 39.1 Å². The van der Waals surface area contributed by atoms with Gasteiger partial charge in [0.25, 0.3) is 5.91 Å². The van der Waals surface area contributed by atoms with E-state index in [0.29, 0.717) is 17.0 Å². The number of carbonyl (C=O) groups is 2. The number of ether oxygens (including phenoxy) is 1. The number of nitrogens with zero attached hydrogens (tertiary/aromatic N) is 1. The highest BCUT2D eigenvalue weighted by Gasteiger charge is 2.18. The zero-order valence-corrected chi connectivity index (χ0v) is 15.8. The van der Waals surface area contributed by atoms with Gasteiger partial charge in [-0.05, 0) is 49.2 Å². The van der Waals surface area contributed by atoms with Crippen molar-refractivity contribution in [2.75, 3.05) is 29.9 Å². The fraction of sp³-hybridized carbons (Fsp3) is 0.263. The van der Waals surface area contributed by atoms with Gasteiger partial charge in [-0.25, -0.2) is 0 Å². The molecule has 1 aliphatic rings. The molecule has 2 aromatic rings. The number of primary amides is 1. The van der Waals surface area contributed by atoms with E-state index in [1.54, 1.807) is 24.3 Å². The molecule has 0 saturated carbocycles. The van der Waals surface area contributed by atoms with Gasteiger partial charge in [0.05, 0.1) is 11.4 Å². The second kappa shape index (κ2) is 8.23. The van der Waals surface area contributed by atoms with Gasteiger partial charge in [-0.3, -0.25) is 9.59 Å². The maximum absolute atomic E-state index is 12.3. The zero-order chi connectivity index (χ0) is 18.5. The molecule has 0 spiro atoms. The van der Waals surface area contributed by atoms with Crippen molar-refractivity contribution in [3.63, 3.8) is 0 Å². The average Bonchev–Trinajstić information content (AvgIpc) is 3.14. The standard InChI is InChI=1S/C19H20BrN3O3/c20-14-4-3-5-15(11-14)26-12-18(24)22-16-10-13(19(21)25)6-7-17(16)23-8-1-2-9-23/h3-7,10-11H,1-2,8-9,12H2,(H2,21,25)(H,22,24). The minimum absolute atomic E-state index is 0.128. The summed E-state index contributed by atoms with van der Waals surface area (Å²) in [6.07, 6.45) is 2.22. The van der Waals surface area contributed by atoms with E-state index in [9.17, 15) is 9.59 Å². The smallest absolute Gasteiger partial charge is 0.262 e. The van der Waals surface area contributed by atoms with Crippen molar-refractivity contribution < 1.29 is 14.3 Å². The van der Waals surface area contributed by atoms with E-state index < -0.39 is 5.91 Å². The second-order valence-electron chi connectivity index (χ2n) is 6.08. The molecule has 0 bridgehead atoms. The monoisotopic (exact) mass is 417 g/mol. The normalized spacial score (nSPS) is 13.5. The van der Waals surface area contributed by atoms with Crippen molar-refractivity contribution in [3.8, 4) is 5.75 Å². The summed E-state index contributed by atoms with van der Waals surface area (Å²) in [5.41, 5.74) is 7.20. The van der Waals surface area contributed by atoms with Crippen LogP contribution < -0.4 is 20.7 Å². The lowest BCUT2D eigenvalue weighted by atomic mass is 10.1. The largest absolute Gasteiger partial charge is 0.484 e. The number of benzene rings is 2. The molecule has 1 saturated heterocycles. The van der Waals surface area contributed by atoms with Gasteiger partial charge in [-0.1, -0.05) is 22.0 Å². The van der Waals surface area contributed by atoms with Gasteiger partial charge >= 0.3 is 0 Å². The van der Waals surface area contributed by atoms with Crippen LogP contribution in [-0.4, -0.2) is 31.5 Å². The Kier molecular flexibility index (Phi) is 5.78. The van der Waals surface area contributed by atoms with Crippen molar-refractivity contribution in [3.05, 3.63) is 52.5 Å². The molecule has 0 aliphatic carbocycles. The van der Waals surface area contributed by atoms with E-state index in [0.717, 1.165) is 36.1 Å². The van der Waals surface area contributed by atoms with E-state index in [1.165, 1.54) is 0 Å². The number of amides is 2. The summed E-state index contributed by atoms with van der Waals surface area (Å²) in [6.45, 7) is 1.72. The maximum atomic E-state index is 12.3. The number of nitrogens with two attached hydrogens (primary N) is 1. The zero-order valence-electron chi connectivity index (χ0n) is 14.2. The summed E-state index contributed by atoms with van der Waals surface area (Å²) in [4.78, 5) is 26.0. The average molecular weight is 418 g/mol. The van der Waals surface area contributed by atoms with Crippen molar-refractivity contribution in [2.24, 2.45) is 5.73 Å². The molecule has 1 aliphatic heterocycles. The van der Waals surface area contributed by atoms with E-state index in [2.05, 4.69) is 26.1 Å². The van der Waals surface area contributed by atoms with Crippen LogP contribution in [0.1, 0.15) is 23.2 Å². The van der Waals surface area contributed by atoms with Crippen LogP contribution in [0.15, 0.2) is 46.9 Å². The lowest BCUT2D eigenvalue weighted by Crippen LogP contribution is -2.24. The van der Waals surface area contributed by atoms with Crippen LogP contribution in [0, 0.1) is 0 Å². The minimum atomic E-state index is -0.529. The van der Waals surface area contributed by atoms with Gasteiger partial charge in [-0.15, -0.1) is 0 Å². The molecule has 7 heteroatoms. The molecule has 1 heterocycles. The highest BCUT2D eigenvalue weighted by molar-refractivity contribution is 9.10. The molecule has 6 nitrogen and oxygen atoms in total. The number of anilines is 2. The molecule has 0 aromatic heterocycles. The first-order chi connectivity index (χ1) is 12.5. The number of halogens is 1. The highest BCUT2D eigenvalue weighted by Crippen LogP contribution is 2.30. The molecule has 136 valence electrons. The van der Waals surface area contributed by atoms with Crippen LogP contribution >= 0.6 is 15.9 Å². The predicted octanol–water partition coefficient (Wildman–Crippen LogP) is 3.17. The van der Waals surface area contributed by atoms with Crippen LogP contribution in [-0.2, 0) is 4.79 Å². The molecule has 26 heavy (non-hydrogen) atoms. The van der Waals surface area contributed by atoms with Crippen LogP contribution in [0.4, 0.5) is 11.4 Å². The molecule has 1 fully saturated rings. The quantitative estimate of drug-likeness (QED) is 0.755. The summed E-state index contributed by atoms with van der Waals surface area (Å²) in [5.74, 6) is -0.230. The Morgan fingerprint density at radius 1 is 1.15 bits per heavy atom. The first kappa shape index (κ1) is 18.3. The molecule has 3 N–H and O–H groups in total. The molecule has 0 atom stereocenters. The summed E-state index contributed by atoms with van der Waals surface area (Å²) < 4.78 is 6.39. The third kappa shape index (κ3) is 4.54. The van der Waals surface area contributed by atoms with Gasteiger partial charge in [-0.2, -0.15) is 0 Å². The van der Waals surface area contributed by atoms with E-state index in [-0.39, 0.29) is 12.5 Å². The number of hydrogen-bond acceptors (Lipinski definition) is 4. The van der Waals surface area contributed by atoms with Gasteiger partial charge in [0.1, 0.15) is 5.75 Å². The Morgan fingerprint density at radius 2 is 1.92 bits per heavy atom. The summed E-state index contributed by atoms with van der Waals surface area (Å²) in [7, 11) is 0. The first-order valence-electron chi connectivity index (χ1n) is 8.40. The fourth-order valence-electron chi connectivity index (χ4n) is 2.92. The molecular weight excluding hydrogens is 398 g/mol. The van der Waals surface area contributed by atoms with Crippen molar-refractivity contribution in [2.45, 2.75) is 12.8 Å². The summed E-state index contributed by atoms with van der Waals surface area (Å²) in [6, 6.07) is 12.4. The maximum Gasteiger partial charge on any atom is 0.262 e. The minimum Gasteiger partial charge on any atom is -0.484 e. The van der Waals surface area contributed by atoms with Gasteiger partial charge in [0.15, 0.2) is 6.61 Å². The molecular formula is C19H20BrN3O3. The number of carbonyl (C=O) groups excluding carboxylic acids is 2. The number of hydrogen-bond donors (Lipinski definition) is 2. The molecule has 0 radical (unpaired) electrons. The Balaban J connectivity index is 1.72. The Morgan fingerprint density at radius 3 is 2.62 bits per heavy atom. The van der Waals surface area contributed by atoms with Crippen LogP contribution in [0.25, 0.3) is 0 Å². The van der Waals surface area contributed by atoms with Crippen LogP contribution in [0.2, 0.25) is 0 Å². The van der Waals surface area contributed by atoms with E-state index >= 15 is 0 Å². The third-order valence-electron chi connectivity index (χ3n) is 4.17. The third-order valence-corrected chi connectivity index (χ3v) is 4.66. The Labute approximate surface area is 160 Å². The van der Waals surface area contributed by atoms with E-state index in [1.807, 2.05) is 18.2 Å². The molecule has 2 amide bonds. The molecule has 0 unspecified atom stereocenters. The first-order valence-corrected chi connectivity index (χ1v) is 9.19. The topological polar surface area (TPSA) is 84.7 Å². The summed E-state index contributed by atoms with van der Waals surface area (Å²) >= 11 is 3.36.